The maximum absolute atomic E-state index is 12.4. The van der Waals surface area contributed by atoms with E-state index in [9.17, 15) is 9.90 Å². The van der Waals surface area contributed by atoms with Crippen LogP contribution in [0.25, 0.3) is 11.0 Å². The van der Waals surface area contributed by atoms with Gasteiger partial charge in [0.1, 0.15) is 5.69 Å². The van der Waals surface area contributed by atoms with Crippen molar-refractivity contribution in [3.63, 3.8) is 0 Å². The van der Waals surface area contributed by atoms with Gasteiger partial charge in [0.15, 0.2) is 0 Å². The Morgan fingerprint density at radius 1 is 1.35 bits per heavy atom. The second-order valence-electron chi connectivity index (χ2n) is 5.19. The first kappa shape index (κ1) is 13.0. The van der Waals surface area contributed by atoms with Gasteiger partial charge < -0.3 is 10.0 Å². The van der Waals surface area contributed by atoms with Gasteiger partial charge in [0.25, 0.3) is 5.91 Å². The highest BCUT2D eigenvalue weighted by Crippen LogP contribution is 2.18. The summed E-state index contributed by atoms with van der Waals surface area (Å²) in [5, 5.41) is 9.24. The molecule has 2 heterocycles. The Morgan fingerprint density at radius 2 is 2.15 bits per heavy atom. The molecule has 1 aromatic heterocycles. The number of rotatable bonds is 2. The van der Waals surface area contributed by atoms with E-state index >= 15 is 0 Å². The molecule has 0 spiro atoms. The number of carbonyl (C=O) groups is 1. The number of fused-ring (bicyclic) bond motifs is 1. The summed E-state index contributed by atoms with van der Waals surface area (Å²) < 4.78 is 0. The summed E-state index contributed by atoms with van der Waals surface area (Å²) in [7, 11) is 0. The Labute approximate surface area is 117 Å². The van der Waals surface area contributed by atoms with Crippen LogP contribution in [0.1, 0.15) is 23.3 Å². The number of aliphatic hydroxyl groups excluding tert-OH is 1. The standard InChI is InChI=1S/C15H17N3O2/c19-10-11-4-3-7-18(9-11)15(20)14-8-16-12-5-1-2-6-13(12)17-14/h1-2,5-6,8,11,19H,3-4,7,9-10H2. The number of carbonyl (C=O) groups excluding carboxylic acids is 1. The zero-order chi connectivity index (χ0) is 13.9. The third kappa shape index (κ3) is 2.49. The van der Waals surface area contributed by atoms with Gasteiger partial charge in [0.2, 0.25) is 0 Å². The van der Waals surface area contributed by atoms with Crippen molar-refractivity contribution in [3.8, 4) is 0 Å². The highest BCUT2D eigenvalue weighted by Gasteiger charge is 2.25. The van der Waals surface area contributed by atoms with E-state index in [1.165, 1.54) is 6.20 Å². The van der Waals surface area contributed by atoms with Gasteiger partial charge in [-0.2, -0.15) is 0 Å². The van der Waals surface area contributed by atoms with E-state index in [2.05, 4.69) is 9.97 Å². The number of amides is 1. The molecule has 1 amide bonds. The Kier molecular flexibility index (Phi) is 3.60. The highest BCUT2D eigenvalue weighted by molar-refractivity contribution is 5.93. The summed E-state index contributed by atoms with van der Waals surface area (Å²) in [6.07, 6.45) is 3.44. The van der Waals surface area contributed by atoms with Crippen molar-refractivity contribution in [2.45, 2.75) is 12.8 Å². The molecule has 20 heavy (non-hydrogen) atoms. The molecule has 1 fully saturated rings. The predicted octanol–water partition coefficient (Wildman–Crippen LogP) is 1.47. The SMILES string of the molecule is O=C(c1cnc2ccccc2n1)N1CCCC(CO)C1. The first-order chi connectivity index (χ1) is 9.78. The lowest BCUT2D eigenvalue weighted by Gasteiger charge is -2.31. The number of aromatic nitrogens is 2. The highest BCUT2D eigenvalue weighted by atomic mass is 16.3. The van der Waals surface area contributed by atoms with E-state index in [0.29, 0.717) is 12.2 Å². The van der Waals surface area contributed by atoms with Gasteiger partial charge in [-0.1, -0.05) is 12.1 Å². The molecule has 5 nitrogen and oxygen atoms in total. The minimum atomic E-state index is -0.0959. The topological polar surface area (TPSA) is 66.3 Å². The van der Waals surface area contributed by atoms with Crippen molar-refractivity contribution in [2.75, 3.05) is 19.7 Å². The molecule has 1 aliphatic heterocycles. The van der Waals surface area contributed by atoms with Gasteiger partial charge >= 0.3 is 0 Å². The van der Waals surface area contributed by atoms with E-state index in [1.54, 1.807) is 4.90 Å². The average molecular weight is 271 g/mol. The summed E-state index contributed by atoms with van der Waals surface area (Å²) in [5.74, 6) is 0.0857. The van der Waals surface area contributed by atoms with Gasteiger partial charge in [-0.05, 0) is 30.9 Å². The smallest absolute Gasteiger partial charge is 0.274 e. The van der Waals surface area contributed by atoms with Crippen LogP contribution in [-0.4, -0.2) is 45.6 Å². The number of para-hydroxylation sites is 2. The lowest BCUT2D eigenvalue weighted by atomic mass is 9.99. The number of hydrogen-bond acceptors (Lipinski definition) is 4. The number of benzene rings is 1. The van der Waals surface area contributed by atoms with Crippen molar-refractivity contribution in [1.82, 2.24) is 14.9 Å². The Balaban J connectivity index is 1.84. The number of aliphatic hydroxyl groups is 1. The molecule has 1 aromatic carbocycles. The lowest BCUT2D eigenvalue weighted by molar-refractivity contribution is 0.0615. The Bertz CT molecular complexity index is 629. The van der Waals surface area contributed by atoms with Crippen molar-refractivity contribution < 1.29 is 9.90 Å². The summed E-state index contributed by atoms with van der Waals surface area (Å²) in [6.45, 7) is 1.46. The molecule has 104 valence electrons. The number of hydrogen-bond donors (Lipinski definition) is 1. The third-order valence-electron chi connectivity index (χ3n) is 3.73. The van der Waals surface area contributed by atoms with Crippen LogP contribution in [0.15, 0.2) is 30.5 Å². The van der Waals surface area contributed by atoms with Crippen LogP contribution in [0.5, 0.6) is 0 Å². The van der Waals surface area contributed by atoms with Crippen LogP contribution in [0.3, 0.4) is 0 Å². The fraction of sp³-hybridized carbons (Fsp3) is 0.400. The van der Waals surface area contributed by atoms with Gasteiger partial charge in [-0.3, -0.25) is 9.78 Å². The quantitative estimate of drug-likeness (QED) is 0.898. The molecular weight excluding hydrogens is 254 g/mol. The maximum Gasteiger partial charge on any atom is 0.274 e. The van der Waals surface area contributed by atoms with Crippen LogP contribution >= 0.6 is 0 Å². The van der Waals surface area contributed by atoms with Gasteiger partial charge in [-0.15, -0.1) is 0 Å². The average Bonchev–Trinajstić information content (AvgIpc) is 2.53. The van der Waals surface area contributed by atoms with E-state index < -0.39 is 0 Å². The molecule has 1 aliphatic rings. The minimum Gasteiger partial charge on any atom is -0.396 e. The molecule has 2 aromatic rings. The fourth-order valence-electron chi connectivity index (χ4n) is 2.62. The second-order valence-corrected chi connectivity index (χ2v) is 5.19. The number of piperidine rings is 1. The maximum atomic E-state index is 12.4. The molecule has 0 bridgehead atoms. The molecule has 1 saturated heterocycles. The molecule has 5 heteroatoms. The molecule has 0 saturated carbocycles. The van der Waals surface area contributed by atoms with Crippen molar-refractivity contribution >= 4 is 16.9 Å². The Hall–Kier alpha value is -2.01. The zero-order valence-electron chi connectivity index (χ0n) is 11.2. The van der Waals surface area contributed by atoms with Gasteiger partial charge in [0, 0.05) is 19.7 Å². The second kappa shape index (κ2) is 5.54. The van der Waals surface area contributed by atoms with Crippen molar-refractivity contribution in [2.24, 2.45) is 5.92 Å². The van der Waals surface area contributed by atoms with Crippen molar-refractivity contribution in [1.29, 1.82) is 0 Å². The zero-order valence-corrected chi connectivity index (χ0v) is 11.2. The van der Waals surface area contributed by atoms with Gasteiger partial charge in [-0.25, -0.2) is 4.98 Å². The normalized spacial score (nSPS) is 19.2. The molecule has 1 atom stereocenters. The lowest BCUT2D eigenvalue weighted by Crippen LogP contribution is -2.41. The van der Waals surface area contributed by atoms with Crippen LogP contribution in [0.4, 0.5) is 0 Å². The van der Waals surface area contributed by atoms with Crippen LogP contribution < -0.4 is 0 Å². The summed E-state index contributed by atoms with van der Waals surface area (Å²) in [4.78, 5) is 22.9. The fourth-order valence-corrected chi connectivity index (χ4v) is 2.62. The molecule has 0 aliphatic carbocycles. The third-order valence-corrected chi connectivity index (χ3v) is 3.73. The van der Waals surface area contributed by atoms with Crippen molar-refractivity contribution in [3.05, 3.63) is 36.2 Å². The molecular formula is C15H17N3O2. The summed E-state index contributed by atoms with van der Waals surface area (Å²) in [6, 6.07) is 7.51. The first-order valence-corrected chi connectivity index (χ1v) is 6.90. The monoisotopic (exact) mass is 271 g/mol. The molecule has 1 unspecified atom stereocenters. The molecule has 3 rings (SSSR count). The first-order valence-electron chi connectivity index (χ1n) is 6.90. The van der Waals surface area contributed by atoms with Crippen LogP contribution in [0.2, 0.25) is 0 Å². The number of likely N-dealkylation sites (tertiary alicyclic amines) is 1. The molecule has 0 radical (unpaired) electrons. The summed E-state index contributed by atoms with van der Waals surface area (Å²) >= 11 is 0. The van der Waals surface area contributed by atoms with Gasteiger partial charge in [0.05, 0.1) is 17.2 Å². The van der Waals surface area contributed by atoms with E-state index in [-0.39, 0.29) is 18.4 Å². The van der Waals surface area contributed by atoms with E-state index in [4.69, 9.17) is 0 Å². The molecule has 1 N–H and O–H groups in total. The minimum absolute atomic E-state index is 0.0959. The number of nitrogens with zero attached hydrogens (tertiary/aromatic N) is 3. The van der Waals surface area contributed by atoms with Crippen LogP contribution in [-0.2, 0) is 0 Å². The van der Waals surface area contributed by atoms with E-state index in [1.807, 2.05) is 24.3 Å². The van der Waals surface area contributed by atoms with E-state index in [0.717, 1.165) is 30.4 Å². The largest absolute Gasteiger partial charge is 0.396 e. The summed E-state index contributed by atoms with van der Waals surface area (Å²) in [5.41, 5.74) is 1.90. The Morgan fingerprint density at radius 3 is 2.95 bits per heavy atom. The predicted molar refractivity (Wildman–Crippen MR) is 75.3 cm³/mol. The van der Waals surface area contributed by atoms with Crippen LogP contribution in [0, 0.1) is 5.92 Å².